The summed E-state index contributed by atoms with van der Waals surface area (Å²) in [6.07, 6.45) is 2.25. The van der Waals surface area contributed by atoms with E-state index in [4.69, 9.17) is 16.3 Å². The standard InChI is InChI=1S/C28H31ClF2N2O3S/c1-36-20-5-8-25-22(17-20)26(23(29)18-32-25)24(31)9-10-28(27(34)35)11-14-33(15-12-28)13-2-16-37-21-6-3-19(30)4-7-21/h3-8,17-18,24H,2,9-16H2,1H3,(H,34,35)/t24-/m1/s1. The van der Waals surface area contributed by atoms with E-state index in [2.05, 4.69) is 9.88 Å². The smallest absolute Gasteiger partial charge is 0.309 e. The number of piperidine rings is 1. The fourth-order valence-corrected chi connectivity index (χ4v) is 6.05. The van der Waals surface area contributed by atoms with E-state index < -0.39 is 17.6 Å². The molecule has 1 atom stereocenters. The summed E-state index contributed by atoms with van der Waals surface area (Å²) in [5.74, 6) is 0.381. The van der Waals surface area contributed by atoms with E-state index >= 15 is 4.39 Å². The summed E-state index contributed by atoms with van der Waals surface area (Å²) in [5.41, 5.74) is 0.000333. The summed E-state index contributed by atoms with van der Waals surface area (Å²) < 4.78 is 33.9. The molecule has 37 heavy (non-hydrogen) atoms. The Morgan fingerprint density at radius 2 is 1.97 bits per heavy atom. The average molecular weight is 549 g/mol. The molecule has 1 aliphatic heterocycles. The molecule has 1 fully saturated rings. The number of fused-ring (bicyclic) bond motifs is 1. The average Bonchev–Trinajstić information content (AvgIpc) is 2.91. The van der Waals surface area contributed by atoms with E-state index in [9.17, 15) is 14.3 Å². The number of likely N-dealkylation sites (tertiary alicyclic amines) is 1. The predicted molar refractivity (Wildman–Crippen MR) is 144 cm³/mol. The maximum atomic E-state index is 15.6. The van der Waals surface area contributed by atoms with Crippen molar-refractivity contribution in [1.29, 1.82) is 0 Å². The first-order valence-corrected chi connectivity index (χ1v) is 13.8. The minimum absolute atomic E-state index is 0.0661. The normalized spacial score (nSPS) is 16.5. The third-order valence-corrected chi connectivity index (χ3v) is 8.63. The number of aliphatic carboxylic acids is 1. The van der Waals surface area contributed by atoms with Crippen LogP contribution in [0, 0.1) is 11.2 Å². The Morgan fingerprint density at radius 1 is 1.24 bits per heavy atom. The molecule has 0 spiro atoms. The van der Waals surface area contributed by atoms with Crippen molar-refractivity contribution in [1.82, 2.24) is 9.88 Å². The van der Waals surface area contributed by atoms with E-state index in [0.29, 0.717) is 48.1 Å². The van der Waals surface area contributed by atoms with Crippen molar-refractivity contribution < 1.29 is 23.4 Å². The maximum absolute atomic E-state index is 15.6. The summed E-state index contributed by atoms with van der Waals surface area (Å²) in [7, 11) is 1.54. The second-order valence-electron chi connectivity index (χ2n) is 9.49. The zero-order valence-corrected chi connectivity index (χ0v) is 22.3. The molecule has 3 aromatic rings. The summed E-state index contributed by atoms with van der Waals surface area (Å²) in [4.78, 5) is 19.9. The second-order valence-corrected chi connectivity index (χ2v) is 11.1. The van der Waals surface area contributed by atoms with Gasteiger partial charge in [-0.25, -0.2) is 8.78 Å². The van der Waals surface area contributed by atoms with Gasteiger partial charge in [0.1, 0.15) is 17.7 Å². The van der Waals surface area contributed by atoms with Gasteiger partial charge >= 0.3 is 5.97 Å². The molecule has 0 aliphatic carbocycles. The SMILES string of the molecule is COc1ccc2ncc(Cl)c([C@H](F)CCC3(C(=O)O)CCN(CCCSc4ccc(F)cc4)CC3)c2c1. The number of pyridine rings is 1. The van der Waals surface area contributed by atoms with Gasteiger partial charge in [0, 0.05) is 22.0 Å². The first kappa shape index (κ1) is 27.6. The fraction of sp³-hybridized carbons (Fsp3) is 0.429. The molecule has 0 radical (unpaired) electrons. The monoisotopic (exact) mass is 548 g/mol. The van der Waals surface area contributed by atoms with Crippen molar-refractivity contribution in [2.75, 3.05) is 32.5 Å². The molecular weight excluding hydrogens is 518 g/mol. The largest absolute Gasteiger partial charge is 0.497 e. The number of thioether (sulfide) groups is 1. The number of benzene rings is 2. The Labute approximate surface area is 225 Å². The Kier molecular flexibility index (Phi) is 9.27. The number of aromatic nitrogens is 1. The Balaban J connectivity index is 1.32. The highest BCUT2D eigenvalue weighted by Gasteiger charge is 2.41. The van der Waals surface area contributed by atoms with Gasteiger partial charge in [-0.3, -0.25) is 9.78 Å². The quantitative estimate of drug-likeness (QED) is 0.202. The van der Waals surface area contributed by atoms with Gasteiger partial charge in [0.05, 0.1) is 23.1 Å². The molecule has 198 valence electrons. The topological polar surface area (TPSA) is 62.7 Å². The molecule has 5 nitrogen and oxygen atoms in total. The maximum Gasteiger partial charge on any atom is 0.309 e. The van der Waals surface area contributed by atoms with Gasteiger partial charge in [-0.15, -0.1) is 11.8 Å². The first-order valence-electron chi connectivity index (χ1n) is 12.4. The van der Waals surface area contributed by atoms with Gasteiger partial charge in [0.15, 0.2) is 0 Å². The molecule has 1 saturated heterocycles. The van der Waals surface area contributed by atoms with Crippen LogP contribution in [0.15, 0.2) is 53.6 Å². The summed E-state index contributed by atoms with van der Waals surface area (Å²) in [6.45, 7) is 2.21. The number of nitrogens with zero attached hydrogens (tertiary/aromatic N) is 2. The molecular formula is C28H31ClF2N2O3S. The van der Waals surface area contributed by atoms with Crippen LogP contribution in [0.1, 0.15) is 43.8 Å². The van der Waals surface area contributed by atoms with Crippen LogP contribution in [0.25, 0.3) is 10.9 Å². The van der Waals surface area contributed by atoms with Crippen molar-refractivity contribution in [3.63, 3.8) is 0 Å². The van der Waals surface area contributed by atoms with E-state index in [1.807, 2.05) is 0 Å². The van der Waals surface area contributed by atoms with Crippen LogP contribution in [0.5, 0.6) is 5.75 Å². The lowest BCUT2D eigenvalue weighted by Crippen LogP contribution is -2.44. The molecule has 2 heterocycles. The molecule has 9 heteroatoms. The molecule has 1 aliphatic rings. The van der Waals surface area contributed by atoms with Gasteiger partial charge in [-0.2, -0.15) is 0 Å². The molecule has 0 saturated carbocycles. The minimum Gasteiger partial charge on any atom is -0.497 e. The van der Waals surface area contributed by atoms with Crippen molar-refractivity contribution in [3.05, 3.63) is 65.1 Å². The highest BCUT2D eigenvalue weighted by molar-refractivity contribution is 7.99. The van der Waals surface area contributed by atoms with Crippen molar-refractivity contribution in [2.45, 2.75) is 43.2 Å². The van der Waals surface area contributed by atoms with E-state index in [1.54, 1.807) is 49.2 Å². The highest BCUT2D eigenvalue weighted by atomic mass is 35.5. The molecule has 2 aromatic carbocycles. The number of carboxylic acids is 1. The lowest BCUT2D eigenvalue weighted by atomic mass is 9.74. The fourth-order valence-electron chi connectivity index (χ4n) is 4.95. The van der Waals surface area contributed by atoms with Crippen molar-refractivity contribution in [3.8, 4) is 5.75 Å². The zero-order chi connectivity index (χ0) is 26.4. The van der Waals surface area contributed by atoms with Crippen LogP contribution in [0.3, 0.4) is 0 Å². The summed E-state index contributed by atoms with van der Waals surface area (Å²) in [6, 6.07) is 11.7. The summed E-state index contributed by atoms with van der Waals surface area (Å²) in [5, 5.41) is 10.9. The molecule has 4 rings (SSSR count). The number of carbonyl (C=O) groups is 1. The van der Waals surface area contributed by atoms with Crippen LogP contribution >= 0.6 is 23.4 Å². The van der Waals surface area contributed by atoms with Crippen molar-refractivity contribution >= 4 is 40.2 Å². The zero-order valence-electron chi connectivity index (χ0n) is 20.8. The van der Waals surface area contributed by atoms with Gasteiger partial charge in [0.25, 0.3) is 0 Å². The number of halogens is 3. The van der Waals surface area contributed by atoms with Crippen LogP contribution in [-0.4, -0.2) is 53.5 Å². The lowest BCUT2D eigenvalue weighted by molar-refractivity contribution is -0.153. The van der Waals surface area contributed by atoms with E-state index in [-0.39, 0.29) is 23.7 Å². The van der Waals surface area contributed by atoms with Crippen LogP contribution < -0.4 is 4.74 Å². The third-order valence-electron chi connectivity index (χ3n) is 7.23. The number of hydrogen-bond donors (Lipinski definition) is 1. The van der Waals surface area contributed by atoms with Crippen LogP contribution in [-0.2, 0) is 4.79 Å². The molecule has 1 aromatic heterocycles. The Hall–Kier alpha value is -2.42. The number of alkyl halides is 1. The number of ether oxygens (including phenoxy) is 1. The minimum atomic E-state index is -1.41. The van der Waals surface area contributed by atoms with Gasteiger partial charge in [-0.05, 0) is 100.0 Å². The second kappa shape index (κ2) is 12.4. The van der Waals surface area contributed by atoms with E-state index in [1.165, 1.54) is 18.3 Å². The number of carboxylic acid groups (broad SMARTS) is 1. The molecule has 1 N–H and O–H groups in total. The Morgan fingerprint density at radius 3 is 2.65 bits per heavy atom. The highest BCUT2D eigenvalue weighted by Crippen LogP contribution is 2.42. The number of methoxy groups -OCH3 is 1. The van der Waals surface area contributed by atoms with Crippen LogP contribution in [0.4, 0.5) is 8.78 Å². The Bertz CT molecular complexity index is 1220. The van der Waals surface area contributed by atoms with Gasteiger partial charge in [0.2, 0.25) is 0 Å². The number of rotatable bonds is 11. The van der Waals surface area contributed by atoms with E-state index in [0.717, 1.165) is 23.6 Å². The molecule has 0 bridgehead atoms. The lowest BCUT2D eigenvalue weighted by Gasteiger charge is -2.39. The third kappa shape index (κ3) is 6.72. The van der Waals surface area contributed by atoms with Crippen molar-refractivity contribution in [2.24, 2.45) is 5.41 Å². The van der Waals surface area contributed by atoms with Gasteiger partial charge in [-0.1, -0.05) is 11.6 Å². The summed E-state index contributed by atoms with van der Waals surface area (Å²) >= 11 is 8.04. The molecule has 0 unspecified atom stereocenters. The first-order chi connectivity index (χ1) is 17.8. The van der Waals surface area contributed by atoms with Gasteiger partial charge < -0.3 is 14.7 Å². The number of hydrogen-bond acceptors (Lipinski definition) is 5. The molecule has 0 amide bonds. The predicted octanol–water partition coefficient (Wildman–Crippen LogP) is 7.18. The van der Waals surface area contributed by atoms with Crippen LogP contribution in [0.2, 0.25) is 5.02 Å².